The summed E-state index contributed by atoms with van der Waals surface area (Å²) in [6, 6.07) is 10.2. The van der Waals surface area contributed by atoms with Crippen molar-refractivity contribution in [1.82, 2.24) is 4.90 Å². The lowest BCUT2D eigenvalue weighted by Crippen LogP contribution is -2.27. The highest BCUT2D eigenvalue weighted by atomic mass is 16.5. The maximum atomic E-state index is 11.8. The van der Waals surface area contributed by atoms with Crippen molar-refractivity contribution in [3.05, 3.63) is 35.9 Å². The molecule has 1 aromatic rings. The third kappa shape index (κ3) is 5.03. The van der Waals surface area contributed by atoms with Crippen LogP contribution < -0.4 is 0 Å². The van der Waals surface area contributed by atoms with Crippen LogP contribution in [0.2, 0.25) is 0 Å². The first-order valence-electron chi connectivity index (χ1n) is 7.26. The van der Waals surface area contributed by atoms with E-state index in [9.17, 15) is 4.79 Å². The largest absolute Gasteiger partial charge is 0.377 e. The maximum absolute atomic E-state index is 11.8. The number of likely N-dealkylation sites (tertiary alicyclic amines) is 1. The Morgan fingerprint density at radius 2 is 1.84 bits per heavy atom. The van der Waals surface area contributed by atoms with Gasteiger partial charge in [-0.25, -0.2) is 0 Å². The van der Waals surface area contributed by atoms with Crippen LogP contribution in [0.25, 0.3) is 0 Å². The third-order valence-corrected chi connectivity index (χ3v) is 3.50. The van der Waals surface area contributed by atoms with Crippen LogP contribution in [-0.2, 0) is 16.1 Å². The molecule has 0 bridgehead atoms. The van der Waals surface area contributed by atoms with E-state index < -0.39 is 0 Å². The first-order valence-corrected chi connectivity index (χ1v) is 7.26. The van der Waals surface area contributed by atoms with E-state index in [2.05, 4.69) is 12.1 Å². The number of rotatable bonds is 7. The summed E-state index contributed by atoms with van der Waals surface area (Å²) >= 11 is 0. The van der Waals surface area contributed by atoms with E-state index in [1.807, 2.05) is 23.1 Å². The normalized spacial score (nSPS) is 14.8. The zero-order valence-electron chi connectivity index (χ0n) is 11.5. The van der Waals surface area contributed by atoms with Gasteiger partial charge in [0.2, 0.25) is 5.91 Å². The number of hydrogen-bond donors (Lipinski definition) is 0. The summed E-state index contributed by atoms with van der Waals surface area (Å²) in [4.78, 5) is 13.8. The smallest absolute Gasteiger partial charge is 0.222 e. The molecule has 1 saturated heterocycles. The van der Waals surface area contributed by atoms with Crippen LogP contribution in [0, 0.1) is 0 Å². The van der Waals surface area contributed by atoms with Gasteiger partial charge in [-0.05, 0) is 31.2 Å². The van der Waals surface area contributed by atoms with Crippen molar-refractivity contribution < 1.29 is 9.53 Å². The van der Waals surface area contributed by atoms with Crippen molar-refractivity contribution >= 4 is 5.91 Å². The van der Waals surface area contributed by atoms with Crippen molar-refractivity contribution in [2.24, 2.45) is 0 Å². The summed E-state index contributed by atoms with van der Waals surface area (Å²) in [7, 11) is 0. The average Bonchev–Trinajstić information content (AvgIpc) is 2.98. The van der Waals surface area contributed by atoms with Crippen molar-refractivity contribution in [1.29, 1.82) is 0 Å². The molecule has 1 heterocycles. The second-order valence-electron chi connectivity index (χ2n) is 5.08. The van der Waals surface area contributed by atoms with Gasteiger partial charge in [0.25, 0.3) is 0 Å². The molecule has 104 valence electrons. The lowest BCUT2D eigenvalue weighted by atomic mass is 10.2. The van der Waals surface area contributed by atoms with E-state index >= 15 is 0 Å². The molecule has 1 aliphatic rings. The molecule has 0 atom stereocenters. The lowest BCUT2D eigenvalue weighted by Gasteiger charge is -2.14. The fraction of sp³-hybridized carbons (Fsp3) is 0.562. The molecule has 0 unspecified atom stereocenters. The summed E-state index contributed by atoms with van der Waals surface area (Å²) < 4.78 is 5.60. The highest BCUT2D eigenvalue weighted by Crippen LogP contribution is 2.10. The molecule has 1 aliphatic heterocycles. The minimum Gasteiger partial charge on any atom is -0.377 e. The highest BCUT2D eigenvalue weighted by Gasteiger charge is 2.16. The van der Waals surface area contributed by atoms with Gasteiger partial charge in [0.15, 0.2) is 0 Å². The summed E-state index contributed by atoms with van der Waals surface area (Å²) in [5, 5.41) is 0. The number of carbonyl (C=O) groups is 1. The van der Waals surface area contributed by atoms with Crippen LogP contribution in [0.5, 0.6) is 0 Å². The molecule has 3 nitrogen and oxygen atoms in total. The van der Waals surface area contributed by atoms with Crippen LogP contribution in [-0.4, -0.2) is 30.5 Å². The minimum atomic E-state index is 0.320. The summed E-state index contributed by atoms with van der Waals surface area (Å²) in [5.41, 5.74) is 1.20. The topological polar surface area (TPSA) is 29.5 Å². The molecule has 3 heteroatoms. The fourth-order valence-electron chi connectivity index (χ4n) is 2.37. The predicted molar refractivity (Wildman–Crippen MR) is 75.8 cm³/mol. The number of hydrogen-bond acceptors (Lipinski definition) is 2. The number of nitrogens with zero attached hydrogens (tertiary/aromatic N) is 1. The zero-order chi connectivity index (χ0) is 13.3. The SMILES string of the molecule is O=C(CCCCOCc1ccccc1)N1CCCC1. The van der Waals surface area contributed by atoms with E-state index in [4.69, 9.17) is 4.74 Å². The molecule has 0 N–H and O–H groups in total. The van der Waals surface area contributed by atoms with Gasteiger partial charge in [0.05, 0.1) is 6.61 Å². The minimum absolute atomic E-state index is 0.320. The molecule has 1 fully saturated rings. The molecule has 0 spiro atoms. The van der Waals surface area contributed by atoms with E-state index in [1.165, 1.54) is 18.4 Å². The fourth-order valence-corrected chi connectivity index (χ4v) is 2.37. The molecule has 2 rings (SSSR count). The second kappa shape index (κ2) is 7.95. The highest BCUT2D eigenvalue weighted by molar-refractivity contribution is 5.76. The van der Waals surface area contributed by atoms with E-state index in [0.717, 1.165) is 32.5 Å². The summed E-state index contributed by atoms with van der Waals surface area (Å²) in [6.07, 6.45) is 4.92. The molecular formula is C16H23NO2. The van der Waals surface area contributed by atoms with Gasteiger partial charge in [-0.15, -0.1) is 0 Å². The average molecular weight is 261 g/mol. The number of unbranched alkanes of at least 4 members (excludes halogenated alkanes) is 1. The van der Waals surface area contributed by atoms with Crippen LogP contribution in [0.3, 0.4) is 0 Å². The zero-order valence-corrected chi connectivity index (χ0v) is 11.5. The van der Waals surface area contributed by atoms with Crippen LogP contribution >= 0.6 is 0 Å². The molecule has 0 aromatic heterocycles. The first kappa shape index (κ1) is 14.1. The van der Waals surface area contributed by atoms with Crippen molar-refractivity contribution in [3.63, 3.8) is 0 Å². The Labute approximate surface area is 115 Å². The standard InChI is InChI=1S/C16H23NO2/c18-16(17-11-5-6-12-17)10-4-7-13-19-14-15-8-2-1-3-9-15/h1-3,8-9H,4-7,10-14H2. The molecule has 0 aliphatic carbocycles. The van der Waals surface area contributed by atoms with E-state index in [1.54, 1.807) is 0 Å². The number of benzene rings is 1. The maximum Gasteiger partial charge on any atom is 0.222 e. The van der Waals surface area contributed by atoms with E-state index in [-0.39, 0.29) is 0 Å². The van der Waals surface area contributed by atoms with Gasteiger partial charge in [0, 0.05) is 26.1 Å². The van der Waals surface area contributed by atoms with Gasteiger partial charge in [-0.3, -0.25) is 4.79 Å². The molecule has 0 radical (unpaired) electrons. The monoisotopic (exact) mass is 261 g/mol. The van der Waals surface area contributed by atoms with Gasteiger partial charge >= 0.3 is 0 Å². The van der Waals surface area contributed by atoms with Crippen molar-refractivity contribution in [3.8, 4) is 0 Å². The van der Waals surface area contributed by atoms with Gasteiger partial charge < -0.3 is 9.64 Å². The van der Waals surface area contributed by atoms with Gasteiger partial charge in [0.1, 0.15) is 0 Å². The molecule has 0 saturated carbocycles. The Hall–Kier alpha value is -1.35. The van der Waals surface area contributed by atoms with Crippen LogP contribution in [0.15, 0.2) is 30.3 Å². The van der Waals surface area contributed by atoms with Crippen LogP contribution in [0.1, 0.15) is 37.7 Å². The molecular weight excluding hydrogens is 238 g/mol. The quantitative estimate of drug-likeness (QED) is 0.706. The first-order chi connectivity index (χ1) is 9.36. The number of ether oxygens (including phenoxy) is 1. The molecule has 19 heavy (non-hydrogen) atoms. The number of carbonyl (C=O) groups excluding carboxylic acids is 1. The van der Waals surface area contributed by atoms with Crippen LogP contribution in [0.4, 0.5) is 0 Å². The Balaban J connectivity index is 1.49. The molecule has 1 amide bonds. The molecule has 1 aromatic carbocycles. The predicted octanol–water partition coefficient (Wildman–Crippen LogP) is 3.00. The van der Waals surface area contributed by atoms with E-state index in [0.29, 0.717) is 18.9 Å². The number of amides is 1. The van der Waals surface area contributed by atoms with Crippen molar-refractivity contribution in [2.75, 3.05) is 19.7 Å². The van der Waals surface area contributed by atoms with Crippen molar-refractivity contribution in [2.45, 2.75) is 38.7 Å². The lowest BCUT2D eigenvalue weighted by molar-refractivity contribution is -0.130. The summed E-state index contributed by atoms with van der Waals surface area (Å²) in [6.45, 7) is 3.33. The van der Waals surface area contributed by atoms with Gasteiger partial charge in [-0.2, -0.15) is 0 Å². The summed E-state index contributed by atoms with van der Waals surface area (Å²) in [5.74, 6) is 0.320. The van der Waals surface area contributed by atoms with Gasteiger partial charge in [-0.1, -0.05) is 30.3 Å². The second-order valence-corrected chi connectivity index (χ2v) is 5.08. The Morgan fingerprint density at radius 1 is 1.11 bits per heavy atom. The Kier molecular flexibility index (Phi) is 5.89. The Morgan fingerprint density at radius 3 is 2.58 bits per heavy atom. The Bertz CT molecular complexity index is 372. The third-order valence-electron chi connectivity index (χ3n) is 3.50.